The van der Waals surface area contributed by atoms with Crippen molar-refractivity contribution in [1.29, 1.82) is 0 Å². The lowest BCUT2D eigenvalue weighted by Crippen LogP contribution is -2.52. The van der Waals surface area contributed by atoms with E-state index in [4.69, 9.17) is 9.47 Å². The molecule has 0 saturated carbocycles. The molecule has 4 aromatic carbocycles. The molecule has 2 N–H and O–H groups in total. The molecule has 274 valence electrons. The average molecular weight is 715 g/mol. The average Bonchev–Trinajstić information content (AvgIpc) is 3.51. The van der Waals surface area contributed by atoms with Gasteiger partial charge in [-0.3, -0.25) is 24.6 Å². The van der Waals surface area contributed by atoms with Crippen LogP contribution in [-0.2, 0) is 20.9 Å². The maximum absolute atomic E-state index is 13.1. The number of fused-ring (bicyclic) bond motifs is 1. The molecule has 3 aliphatic rings. The molecule has 10 nitrogen and oxygen atoms in total. The molecule has 1 unspecified atom stereocenters. The number of hydrogen-bond acceptors (Lipinski definition) is 8. The van der Waals surface area contributed by atoms with E-state index >= 15 is 0 Å². The number of imide groups is 1. The van der Waals surface area contributed by atoms with Gasteiger partial charge >= 0.3 is 0 Å². The van der Waals surface area contributed by atoms with Crippen LogP contribution in [0.4, 0.5) is 5.69 Å². The highest BCUT2D eigenvalue weighted by Crippen LogP contribution is 2.36. The van der Waals surface area contributed by atoms with Crippen molar-refractivity contribution in [2.45, 2.75) is 38.8 Å². The molecule has 3 heterocycles. The Morgan fingerprint density at radius 1 is 0.811 bits per heavy atom. The number of aromatic hydroxyl groups is 1. The Hall–Kier alpha value is -5.45. The largest absolute Gasteiger partial charge is 0.508 e. The third-order valence-electron chi connectivity index (χ3n) is 10.4. The van der Waals surface area contributed by atoms with E-state index in [2.05, 4.69) is 64.5 Å². The topological polar surface area (TPSA) is 112 Å². The van der Waals surface area contributed by atoms with Crippen LogP contribution < -0.4 is 15.0 Å². The van der Waals surface area contributed by atoms with Crippen LogP contribution in [-0.4, -0.2) is 91.2 Å². The zero-order chi connectivity index (χ0) is 36.7. The van der Waals surface area contributed by atoms with Crippen molar-refractivity contribution >= 4 is 34.6 Å². The Morgan fingerprint density at radius 3 is 2.23 bits per heavy atom. The second-order valence-corrected chi connectivity index (χ2v) is 13.7. The molecule has 3 amide bonds. The molecule has 2 saturated heterocycles. The molecule has 2 fully saturated rings. The number of ether oxygens (including phenoxy) is 2. The number of rotatable bonds is 13. The van der Waals surface area contributed by atoms with E-state index in [1.807, 2.05) is 42.5 Å². The lowest BCUT2D eigenvalue weighted by atomic mass is 9.88. The minimum absolute atomic E-state index is 0.146. The van der Waals surface area contributed by atoms with Gasteiger partial charge in [-0.15, -0.1) is 0 Å². The number of carbonyl (C=O) groups is 3. The van der Waals surface area contributed by atoms with Crippen LogP contribution in [0.1, 0.15) is 58.8 Å². The number of nitrogens with zero attached hydrogens (tertiary/aromatic N) is 3. The van der Waals surface area contributed by atoms with Crippen LogP contribution in [0.5, 0.6) is 11.5 Å². The summed E-state index contributed by atoms with van der Waals surface area (Å²) >= 11 is 0. The quantitative estimate of drug-likeness (QED) is 0.103. The molecule has 53 heavy (non-hydrogen) atoms. The van der Waals surface area contributed by atoms with Crippen LogP contribution in [0.3, 0.4) is 0 Å². The van der Waals surface area contributed by atoms with Gasteiger partial charge in [-0.2, -0.15) is 0 Å². The van der Waals surface area contributed by atoms with Gasteiger partial charge in [-0.1, -0.05) is 61.5 Å². The summed E-state index contributed by atoms with van der Waals surface area (Å²) in [4.78, 5) is 43.4. The highest BCUT2D eigenvalue weighted by atomic mass is 16.5. The molecule has 4 aromatic rings. The summed E-state index contributed by atoms with van der Waals surface area (Å²) in [5, 5.41) is 12.3. The fraction of sp³-hybridized carbons (Fsp3) is 0.326. The normalized spacial score (nSPS) is 18.1. The Kier molecular flexibility index (Phi) is 11.2. The van der Waals surface area contributed by atoms with Crippen LogP contribution in [0.25, 0.3) is 11.1 Å². The van der Waals surface area contributed by atoms with E-state index in [0.717, 1.165) is 72.8 Å². The first-order valence-electron chi connectivity index (χ1n) is 18.5. The Bertz CT molecular complexity index is 1950. The van der Waals surface area contributed by atoms with Gasteiger partial charge in [0, 0.05) is 56.9 Å². The summed E-state index contributed by atoms with van der Waals surface area (Å²) < 4.78 is 12.0. The summed E-state index contributed by atoms with van der Waals surface area (Å²) in [5.74, 6) is 0.217. The maximum Gasteiger partial charge on any atom is 0.255 e. The number of allylic oxidation sites excluding steroid dienone is 1. The van der Waals surface area contributed by atoms with Gasteiger partial charge in [0.1, 0.15) is 24.1 Å². The highest BCUT2D eigenvalue weighted by molar-refractivity contribution is 6.05. The molecule has 0 aromatic heterocycles. The summed E-state index contributed by atoms with van der Waals surface area (Å²) in [6.07, 6.45) is 1.47. The first kappa shape index (κ1) is 35.9. The summed E-state index contributed by atoms with van der Waals surface area (Å²) in [6.45, 7) is 8.54. The lowest BCUT2D eigenvalue weighted by Gasteiger charge is -2.36. The molecule has 10 heteroatoms. The molecule has 1 atom stereocenters. The van der Waals surface area contributed by atoms with Crippen LogP contribution in [0, 0.1) is 0 Å². The second-order valence-electron chi connectivity index (χ2n) is 13.7. The number of hydrogen-bond donors (Lipinski definition) is 2. The van der Waals surface area contributed by atoms with Crippen molar-refractivity contribution in [3.05, 3.63) is 125 Å². The standard InChI is InChI=1S/C43H46N4O6/c1-2-37(30-6-4-3-5-7-30)41(31-8-13-35(48)14-9-31)32-10-15-36(16-11-32)53-27-26-52-25-24-45-20-22-46(23-21-45)34-12-17-38-33(28-34)29-47(43(38)51)39-18-19-40(49)44-42(39)50/h3-17,28,39,48H,2,18-27,29H2,1H3,(H,44,49,50). The molecule has 0 bridgehead atoms. The number of nitrogens with one attached hydrogen (secondary N) is 1. The number of phenolic OH excluding ortho intramolecular Hbond substituents is 1. The SMILES string of the molecule is CCC(=C(c1ccc(O)cc1)c1ccc(OCCOCCN2CCN(c3ccc4c(c3)CN(C3CCC(=O)NC3=O)C4=O)CC2)cc1)c1ccccc1. The number of carbonyl (C=O) groups excluding carboxylic acids is 3. The maximum atomic E-state index is 13.1. The van der Waals surface area contributed by atoms with E-state index in [9.17, 15) is 19.5 Å². The molecule has 7 rings (SSSR count). The van der Waals surface area contributed by atoms with Crippen molar-refractivity contribution in [1.82, 2.24) is 15.1 Å². The fourth-order valence-corrected chi connectivity index (χ4v) is 7.53. The minimum Gasteiger partial charge on any atom is -0.508 e. The molecular formula is C43H46N4O6. The van der Waals surface area contributed by atoms with Gasteiger partial charge < -0.3 is 24.4 Å². The van der Waals surface area contributed by atoms with Gasteiger partial charge in [0.05, 0.1) is 13.2 Å². The lowest BCUT2D eigenvalue weighted by molar-refractivity contribution is -0.136. The fourth-order valence-electron chi connectivity index (χ4n) is 7.53. The smallest absolute Gasteiger partial charge is 0.255 e. The number of amides is 3. The first-order valence-corrected chi connectivity index (χ1v) is 18.5. The molecule has 0 spiro atoms. The van der Waals surface area contributed by atoms with Crippen LogP contribution >= 0.6 is 0 Å². The van der Waals surface area contributed by atoms with Crippen molar-refractivity contribution in [3.63, 3.8) is 0 Å². The van der Waals surface area contributed by atoms with Crippen molar-refractivity contribution < 1.29 is 29.0 Å². The Balaban J connectivity index is 0.852. The molecule has 3 aliphatic heterocycles. The molecule has 0 aliphatic carbocycles. The number of benzene rings is 4. The number of phenols is 1. The van der Waals surface area contributed by atoms with E-state index in [0.29, 0.717) is 38.3 Å². The molecule has 0 radical (unpaired) electrons. The number of piperidine rings is 1. The second kappa shape index (κ2) is 16.5. The van der Waals surface area contributed by atoms with Gasteiger partial charge in [-0.25, -0.2) is 0 Å². The van der Waals surface area contributed by atoms with E-state index in [1.165, 1.54) is 11.1 Å². The highest BCUT2D eigenvalue weighted by Gasteiger charge is 2.39. The predicted molar refractivity (Wildman–Crippen MR) is 205 cm³/mol. The van der Waals surface area contributed by atoms with Gasteiger partial charge in [0.25, 0.3) is 5.91 Å². The third-order valence-corrected chi connectivity index (χ3v) is 10.4. The monoisotopic (exact) mass is 714 g/mol. The van der Waals surface area contributed by atoms with Crippen molar-refractivity contribution in [2.24, 2.45) is 0 Å². The predicted octanol–water partition coefficient (Wildman–Crippen LogP) is 5.74. The summed E-state index contributed by atoms with van der Waals surface area (Å²) in [5.41, 5.74) is 8.33. The van der Waals surface area contributed by atoms with Crippen LogP contribution in [0.15, 0.2) is 97.1 Å². The first-order chi connectivity index (χ1) is 25.9. The minimum atomic E-state index is -0.603. The summed E-state index contributed by atoms with van der Waals surface area (Å²) in [7, 11) is 0. The Labute approximate surface area is 310 Å². The number of anilines is 1. The summed E-state index contributed by atoms with van der Waals surface area (Å²) in [6, 6.07) is 31.3. The van der Waals surface area contributed by atoms with E-state index in [1.54, 1.807) is 17.0 Å². The van der Waals surface area contributed by atoms with E-state index < -0.39 is 6.04 Å². The third kappa shape index (κ3) is 8.29. The molecular weight excluding hydrogens is 668 g/mol. The van der Waals surface area contributed by atoms with Crippen LogP contribution in [0.2, 0.25) is 0 Å². The van der Waals surface area contributed by atoms with Gasteiger partial charge in [0.2, 0.25) is 11.8 Å². The van der Waals surface area contributed by atoms with E-state index in [-0.39, 0.29) is 29.9 Å². The zero-order valence-electron chi connectivity index (χ0n) is 30.1. The zero-order valence-corrected chi connectivity index (χ0v) is 30.1. The van der Waals surface area contributed by atoms with Crippen molar-refractivity contribution in [2.75, 3.05) is 57.4 Å². The van der Waals surface area contributed by atoms with Crippen molar-refractivity contribution in [3.8, 4) is 11.5 Å². The van der Waals surface area contributed by atoms with Gasteiger partial charge in [0.15, 0.2) is 0 Å². The Morgan fingerprint density at radius 2 is 1.53 bits per heavy atom. The number of piperazine rings is 1. The van der Waals surface area contributed by atoms with Gasteiger partial charge in [-0.05, 0) is 88.7 Å².